The molecule has 5 nitrogen and oxygen atoms in total. The predicted molar refractivity (Wildman–Crippen MR) is 79.8 cm³/mol. The molecule has 0 saturated heterocycles. The number of anilines is 1. The maximum Gasteiger partial charge on any atom is 0.175 e. The van der Waals surface area contributed by atoms with E-state index in [1.165, 1.54) is 6.26 Å². The molecule has 0 aliphatic heterocycles. The number of rotatable bonds is 4. The molecule has 0 amide bonds. The fourth-order valence-corrected chi connectivity index (χ4v) is 2.74. The summed E-state index contributed by atoms with van der Waals surface area (Å²) in [5.74, 6) is 0. The molecule has 0 aliphatic rings. The molecular weight excluding hydrogens is 298 g/mol. The van der Waals surface area contributed by atoms with Crippen LogP contribution >= 0.6 is 11.6 Å². The molecule has 0 atom stereocenters. The minimum Gasteiger partial charge on any atom is -0.379 e. The van der Waals surface area contributed by atoms with Gasteiger partial charge in [-0.05, 0) is 31.2 Å². The molecule has 2 aromatic rings. The molecule has 1 aromatic carbocycles. The first-order valence-corrected chi connectivity index (χ1v) is 8.28. The molecule has 0 fully saturated rings. The number of hydrogen-bond acceptors (Lipinski definition) is 4. The first-order chi connectivity index (χ1) is 9.29. The summed E-state index contributed by atoms with van der Waals surface area (Å²) in [6.07, 6.45) is 1.19. The SMILES string of the molecule is Cc1nn(C)c(CNc2ccc(S(C)(=O)=O)cc2)c1Cl. The molecular formula is C13H16ClN3O2S. The van der Waals surface area contributed by atoms with E-state index in [-0.39, 0.29) is 0 Å². The van der Waals surface area contributed by atoms with Gasteiger partial charge in [0.2, 0.25) is 0 Å². The summed E-state index contributed by atoms with van der Waals surface area (Å²) in [6, 6.07) is 6.61. The number of nitrogens with one attached hydrogen (secondary N) is 1. The van der Waals surface area contributed by atoms with Crippen molar-refractivity contribution in [2.24, 2.45) is 7.05 Å². The summed E-state index contributed by atoms with van der Waals surface area (Å²) in [6.45, 7) is 2.38. The van der Waals surface area contributed by atoms with Crippen molar-refractivity contribution in [3.05, 3.63) is 40.7 Å². The van der Waals surface area contributed by atoms with Crippen LogP contribution in [0.4, 0.5) is 5.69 Å². The second kappa shape index (κ2) is 5.46. The summed E-state index contributed by atoms with van der Waals surface area (Å²) in [5, 5.41) is 8.08. The van der Waals surface area contributed by atoms with Crippen molar-refractivity contribution in [2.75, 3.05) is 11.6 Å². The molecule has 0 saturated carbocycles. The molecule has 0 aliphatic carbocycles. The van der Waals surface area contributed by atoms with E-state index >= 15 is 0 Å². The largest absolute Gasteiger partial charge is 0.379 e. The van der Waals surface area contributed by atoms with Gasteiger partial charge in [-0.15, -0.1) is 0 Å². The fraction of sp³-hybridized carbons (Fsp3) is 0.308. The molecule has 0 unspecified atom stereocenters. The zero-order valence-corrected chi connectivity index (χ0v) is 13.1. The highest BCUT2D eigenvalue weighted by Gasteiger charge is 2.11. The number of halogens is 1. The number of aromatic nitrogens is 2. The average molecular weight is 314 g/mol. The van der Waals surface area contributed by atoms with E-state index in [2.05, 4.69) is 10.4 Å². The predicted octanol–water partition coefficient (Wildman–Crippen LogP) is 2.40. The highest BCUT2D eigenvalue weighted by atomic mass is 35.5. The van der Waals surface area contributed by atoms with Gasteiger partial charge in [-0.25, -0.2) is 8.42 Å². The third-order valence-corrected chi connectivity index (χ3v) is 4.62. The van der Waals surface area contributed by atoms with Crippen LogP contribution < -0.4 is 5.32 Å². The number of benzene rings is 1. The minimum atomic E-state index is -3.16. The van der Waals surface area contributed by atoms with Crippen molar-refractivity contribution in [1.29, 1.82) is 0 Å². The molecule has 0 radical (unpaired) electrons. The van der Waals surface area contributed by atoms with E-state index in [1.54, 1.807) is 28.9 Å². The van der Waals surface area contributed by atoms with Crippen molar-refractivity contribution in [3.63, 3.8) is 0 Å². The molecule has 20 heavy (non-hydrogen) atoms. The Kier molecular flexibility index (Phi) is 4.06. The Morgan fingerprint density at radius 2 is 1.90 bits per heavy atom. The summed E-state index contributed by atoms with van der Waals surface area (Å²) in [7, 11) is -1.32. The quantitative estimate of drug-likeness (QED) is 0.941. The van der Waals surface area contributed by atoms with Gasteiger partial charge in [0.05, 0.1) is 27.9 Å². The van der Waals surface area contributed by atoms with Gasteiger partial charge in [-0.3, -0.25) is 4.68 Å². The van der Waals surface area contributed by atoms with Crippen LogP contribution in [0.5, 0.6) is 0 Å². The highest BCUT2D eigenvalue weighted by molar-refractivity contribution is 7.90. The molecule has 108 valence electrons. The second-order valence-electron chi connectivity index (χ2n) is 4.62. The normalized spacial score (nSPS) is 11.6. The van der Waals surface area contributed by atoms with Gasteiger partial charge in [0.1, 0.15) is 0 Å². The van der Waals surface area contributed by atoms with Gasteiger partial charge < -0.3 is 5.32 Å². The number of sulfone groups is 1. The lowest BCUT2D eigenvalue weighted by molar-refractivity contribution is 0.602. The average Bonchev–Trinajstić information content (AvgIpc) is 2.61. The Morgan fingerprint density at radius 3 is 2.35 bits per heavy atom. The molecule has 0 spiro atoms. The molecule has 7 heteroatoms. The van der Waals surface area contributed by atoms with E-state index in [0.29, 0.717) is 16.5 Å². The molecule has 1 aromatic heterocycles. The minimum absolute atomic E-state index is 0.303. The monoisotopic (exact) mass is 313 g/mol. The van der Waals surface area contributed by atoms with Crippen LogP contribution in [0.2, 0.25) is 5.02 Å². The van der Waals surface area contributed by atoms with E-state index in [9.17, 15) is 8.42 Å². The van der Waals surface area contributed by atoms with Crippen molar-refractivity contribution >= 4 is 27.1 Å². The number of aryl methyl sites for hydroxylation is 2. The Balaban J connectivity index is 2.12. The van der Waals surface area contributed by atoms with Gasteiger partial charge >= 0.3 is 0 Å². The topological polar surface area (TPSA) is 64.0 Å². The van der Waals surface area contributed by atoms with Gasteiger partial charge in [0.15, 0.2) is 9.84 Å². The summed E-state index contributed by atoms with van der Waals surface area (Å²) >= 11 is 6.16. The Labute approximate surface area is 123 Å². The molecule has 1 heterocycles. The Hall–Kier alpha value is -1.53. The van der Waals surface area contributed by atoms with E-state index < -0.39 is 9.84 Å². The standard InChI is InChI=1S/C13H16ClN3O2S/c1-9-13(14)12(17(2)16-9)8-15-10-4-6-11(7-5-10)20(3,18)19/h4-7,15H,8H2,1-3H3. The lowest BCUT2D eigenvalue weighted by atomic mass is 10.3. The van der Waals surface area contributed by atoms with Crippen LogP contribution in [-0.4, -0.2) is 24.5 Å². The molecule has 0 bridgehead atoms. The van der Waals surface area contributed by atoms with E-state index in [0.717, 1.165) is 17.1 Å². The van der Waals surface area contributed by atoms with Gasteiger partial charge in [-0.1, -0.05) is 11.6 Å². The van der Waals surface area contributed by atoms with Gasteiger partial charge in [-0.2, -0.15) is 5.10 Å². The maximum atomic E-state index is 11.4. The van der Waals surface area contributed by atoms with Crippen molar-refractivity contribution < 1.29 is 8.42 Å². The van der Waals surface area contributed by atoms with Crippen LogP contribution in [0.1, 0.15) is 11.4 Å². The summed E-state index contributed by atoms with van der Waals surface area (Å²) < 4.78 is 24.5. The van der Waals surface area contributed by atoms with Gasteiger partial charge in [0.25, 0.3) is 0 Å². The lowest BCUT2D eigenvalue weighted by Crippen LogP contribution is -2.06. The maximum absolute atomic E-state index is 11.4. The Morgan fingerprint density at radius 1 is 1.30 bits per heavy atom. The summed E-state index contributed by atoms with van der Waals surface area (Å²) in [5.41, 5.74) is 2.50. The van der Waals surface area contributed by atoms with Crippen molar-refractivity contribution in [1.82, 2.24) is 9.78 Å². The van der Waals surface area contributed by atoms with Crippen LogP contribution in [0.15, 0.2) is 29.2 Å². The molecule has 1 N–H and O–H groups in total. The third-order valence-electron chi connectivity index (χ3n) is 3.00. The second-order valence-corrected chi connectivity index (χ2v) is 7.01. The zero-order chi connectivity index (χ0) is 14.9. The van der Waals surface area contributed by atoms with E-state index in [4.69, 9.17) is 11.6 Å². The fourth-order valence-electron chi connectivity index (χ4n) is 1.88. The van der Waals surface area contributed by atoms with Crippen LogP contribution in [0.25, 0.3) is 0 Å². The van der Waals surface area contributed by atoms with Crippen LogP contribution in [0, 0.1) is 6.92 Å². The van der Waals surface area contributed by atoms with Crippen LogP contribution in [0.3, 0.4) is 0 Å². The third kappa shape index (κ3) is 3.13. The Bertz CT molecular complexity index is 721. The van der Waals surface area contributed by atoms with Crippen LogP contribution in [-0.2, 0) is 23.4 Å². The lowest BCUT2D eigenvalue weighted by Gasteiger charge is -2.08. The first kappa shape index (κ1) is 14.9. The van der Waals surface area contributed by atoms with Crippen molar-refractivity contribution in [2.45, 2.75) is 18.4 Å². The van der Waals surface area contributed by atoms with Gasteiger partial charge in [0, 0.05) is 19.0 Å². The summed E-state index contributed by atoms with van der Waals surface area (Å²) in [4.78, 5) is 0.303. The number of hydrogen-bond donors (Lipinski definition) is 1. The zero-order valence-electron chi connectivity index (χ0n) is 11.5. The highest BCUT2D eigenvalue weighted by Crippen LogP contribution is 2.21. The number of nitrogens with zero attached hydrogens (tertiary/aromatic N) is 2. The van der Waals surface area contributed by atoms with Crippen molar-refractivity contribution in [3.8, 4) is 0 Å². The van der Waals surface area contributed by atoms with E-state index in [1.807, 2.05) is 14.0 Å². The smallest absolute Gasteiger partial charge is 0.175 e. The molecule has 2 rings (SSSR count). The first-order valence-electron chi connectivity index (χ1n) is 6.01.